The molecule has 4 nitrogen and oxygen atoms in total. The summed E-state index contributed by atoms with van der Waals surface area (Å²) >= 11 is 0. The van der Waals surface area contributed by atoms with E-state index >= 15 is 0 Å². The molecule has 3 atom stereocenters. The van der Waals surface area contributed by atoms with Gasteiger partial charge in [0.1, 0.15) is 5.75 Å². The predicted octanol–water partition coefficient (Wildman–Crippen LogP) is 3.41. The number of methoxy groups -OCH3 is 1. The monoisotopic (exact) mass is 307 g/mol. The van der Waals surface area contributed by atoms with Gasteiger partial charge in [-0.15, -0.1) is 0 Å². The number of rotatable bonds is 7. The molecule has 124 valence electrons. The van der Waals surface area contributed by atoms with Crippen LogP contribution in [0.25, 0.3) is 0 Å². The molecule has 3 unspecified atom stereocenters. The fourth-order valence-electron chi connectivity index (χ4n) is 2.73. The zero-order valence-electron chi connectivity index (χ0n) is 14.6. The van der Waals surface area contributed by atoms with Crippen LogP contribution in [0.2, 0.25) is 0 Å². The first-order chi connectivity index (χ1) is 10.4. The molecule has 0 aliphatic rings. The second kappa shape index (κ2) is 8.18. The highest BCUT2D eigenvalue weighted by Crippen LogP contribution is 2.34. The molecule has 4 heteroatoms. The standard InChI is InChI=1S/C18H29NO3/c1-7-12(4)19-18(21)16-15(14(8-2)13(5)20)10-9-11(3)17(16)22-6/h9-10,12-14,20H,7-8H2,1-6H3,(H,19,21). The summed E-state index contributed by atoms with van der Waals surface area (Å²) in [5.41, 5.74) is 2.32. The first-order valence-corrected chi connectivity index (χ1v) is 8.03. The van der Waals surface area contributed by atoms with Crippen LogP contribution in [0, 0.1) is 6.92 Å². The van der Waals surface area contributed by atoms with Crippen LogP contribution in [-0.2, 0) is 0 Å². The molecular weight excluding hydrogens is 278 g/mol. The molecule has 1 aromatic carbocycles. The number of aryl methyl sites for hydroxylation is 1. The molecule has 1 rings (SSSR count). The minimum absolute atomic E-state index is 0.0906. The maximum Gasteiger partial charge on any atom is 0.255 e. The van der Waals surface area contributed by atoms with Crippen LogP contribution in [0.3, 0.4) is 0 Å². The van der Waals surface area contributed by atoms with Gasteiger partial charge in [-0.25, -0.2) is 0 Å². The first-order valence-electron chi connectivity index (χ1n) is 8.03. The fourth-order valence-corrected chi connectivity index (χ4v) is 2.73. The second-order valence-corrected chi connectivity index (χ2v) is 5.92. The summed E-state index contributed by atoms with van der Waals surface area (Å²) in [7, 11) is 1.58. The number of carbonyl (C=O) groups excluding carboxylic acids is 1. The summed E-state index contributed by atoms with van der Waals surface area (Å²) in [6, 6.07) is 3.97. The van der Waals surface area contributed by atoms with Gasteiger partial charge in [0.2, 0.25) is 0 Å². The zero-order chi connectivity index (χ0) is 16.9. The maximum absolute atomic E-state index is 12.7. The lowest BCUT2D eigenvalue weighted by Gasteiger charge is -2.24. The van der Waals surface area contributed by atoms with Crippen molar-refractivity contribution in [2.45, 2.75) is 65.5 Å². The summed E-state index contributed by atoms with van der Waals surface area (Å²) in [4.78, 5) is 12.7. The number of ether oxygens (including phenoxy) is 1. The number of hydrogen-bond acceptors (Lipinski definition) is 3. The molecule has 0 fully saturated rings. The molecule has 0 heterocycles. The van der Waals surface area contributed by atoms with Crippen molar-refractivity contribution in [1.82, 2.24) is 5.32 Å². The van der Waals surface area contributed by atoms with E-state index in [0.29, 0.717) is 11.3 Å². The molecule has 0 bridgehead atoms. The molecule has 0 radical (unpaired) electrons. The Balaban J connectivity index is 3.42. The predicted molar refractivity (Wildman–Crippen MR) is 89.7 cm³/mol. The molecular formula is C18H29NO3. The topological polar surface area (TPSA) is 58.6 Å². The van der Waals surface area contributed by atoms with Gasteiger partial charge < -0.3 is 15.2 Å². The minimum atomic E-state index is -0.521. The van der Waals surface area contributed by atoms with Crippen molar-refractivity contribution in [2.75, 3.05) is 7.11 Å². The van der Waals surface area contributed by atoms with Crippen LogP contribution in [0.15, 0.2) is 12.1 Å². The van der Waals surface area contributed by atoms with E-state index in [-0.39, 0.29) is 17.9 Å². The molecule has 1 aromatic rings. The Bertz CT molecular complexity index is 511. The SMILES string of the molecule is CCC(C)NC(=O)c1c(C(CC)C(C)O)ccc(C)c1OC. The number of nitrogens with one attached hydrogen (secondary N) is 1. The van der Waals surface area contributed by atoms with Gasteiger partial charge in [-0.05, 0) is 44.7 Å². The van der Waals surface area contributed by atoms with Crippen LogP contribution in [0.1, 0.15) is 67.9 Å². The highest BCUT2D eigenvalue weighted by atomic mass is 16.5. The van der Waals surface area contributed by atoms with Crippen molar-refractivity contribution < 1.29 is 14.6 Å². The molecule has 2 N–H and O–H groups in total. The number of aliphatic hydroxyl groups is 1. The van der Waals surface area contributed by atoms with Crippen molar-refractivity contribution in [2.24, 2.45) is 0 Å². The van der Waals surface area contributed by atoms with E-state index in [4.69, 9.17) is 4.74 Å². The molecule has 0 saturated carbocycles. The normalized spacial score (nSPS) is 15.0. The molecule has 0 aromatic heterocycles. The third-order valence-electron chi connectivity index (χ3n) is 4.23. The summed E-state index contributed by atoms with van der Waals surface area (Å²) < 4.78 is 5.49. The molecule has 0 saturated heterocycles. The summed E-state index contributed by atoms with van der Waals surface area (Å²) in [5.74, 6) is 0.369. The van der Waals surface area contributed by atoms with Crippen molar-refractivity contribution in [1.29, 1.82) is 0 Å². The average molecular weight is 307 g/mol. The third-order valence-corrected chi connectivity index (χ3v) is 4.23. The van der Waals surface area contributed by atoms with E-state index in [1.54, 1.807) is 14.0 Å². The Morgan fingerprint density at radius 2 is 1.91 bits per heavy atom. The quantitative estimate of drug-likeness (QED) is 0.811. The summed E-state index contributed by atoms with van der Waals surface area (Å²) in [6.45, 7) is 9.71. The van der Waals surface area contributed by atoms with Crippen LogP contribution in [0.4, 0.5) is 0 Å². The van der Waals surface area contributed by atoms with E-state index in [0.717, 1.165) is 24.0 Å². The van der Waals surface area contributed by atoms with E-state index in [1.165, 1.54) is 0 Å². The minimum Gasteiger partial charge on any atom is -0.496 e. The van der Waals surface area contributed by atoms with Gasteiger partial charge in [0.15, 0.2) is 0 Å². The van der Waals surface area contributed by atoms with Crippen LogP contribution in [0.5, 0.6) is 5.75 Å². The Morgan fingerprint density at radius 1 is 1.27 bits per heavy atom. The second-order valence-electron chi connectivity index (χ2n) is 5.92. The van der Waals surface area contributed by atoms with Crippen molar-refractivity contribution >= 4 is 5.91 Å². The van der Waals surface area contributed by atoms with Gasteiger partial charge >= 0.3 is 0 Å². The largest absolute Gasteiger partial charge is 0.496 e. The Hall–Kier alpha value is -1.55. The van der Waals surface area contributed by atoms with E-state index in [9.17, 15) is 9.90 Å². The van der Waals surface area contributed by atoms with Gasteiger partial charge in [0, 0.05) is 12.0 Å². The smallest absolute Gasteiger partial charge is 0.255 e. The first kappa shape index (κ1) is 18.5. The molecule has 1 amide bonds. The Kier molecular flexibility index (Phi) is 6.88. The molecule has 0 spiro atoms. The van der Waals surface area contributed by atoms with Gasteiger partial charge in [0.25, 0.3) is 5.91 Å². The number of aliphatic hydroxyl groups excluding tert-OH is 1. The lowest BCUT2D eigenvalue weighted by atomic mass is 9.86. The zero-order valence-corrected chi connectivity index (χ0v) is 14.6. The van der Waals surface area contributed by atoms with E-state index in [1.807, 2.05) is 39.8 Å². The van der Waals surface area contributed by atoms with Crippen molar-refractivity contribution in [3.63, 3.8) is 0 Å². The number of carbonyl (C=O) groups is 1. The van der Waals surface area contributed by atoms with Crippen LogP contribution >= 0.6 is 0 Å². The highest BCUT2D eigenvalue weighted by molar-refractivity contribution is 5.99. The molecule has 0 aliphatic heterocycles. The fraction of sp³-hybridized carbons (Fsp3) is 0.611. The number of benzene rings is 1. The number of amides is 1. The Morgan fingerprint density at radius 3 is 2.36 bits per heavy atom. The van der Waals surface area contributed by atoms with E-state index in [2.05, 4.69) is 5.32 Å². The average Bonchev–Trinajstić information content (AvgIpc) is 2.48. The van der Waals surface area contributed by atoms with Gasteiger partial charge in [-0.1, -0.05) is 26.0 Å². The van der Waals surface area contributed by atoms with Gasteiger partial charge in [-0.3, -0.25) is 4.79 Å². The molecule has 0 aliphatic carbocycles. The maximum atomic E-state index is 12.7. The van der Waals surface area contributed by atoms with Gasteiger partial charge in [-0.2, -0.15) is 0 Å². The van der Waals surface area contributed by atoms with E-state index < -0.39 is 6.10 Å². The van der Waals surface area contributed by atoms with Crippen molar-refractivity contribution in [3.8, 4) is 5.75 Å². The molecule has 22 heavy (non-hydrogen) atoms. The Labute approximate surface area is 133 Å². The third kappa shape index (κ3) is 4.01. The highest BCUT2D eigenvalue weighted by Gasteiger charge is 2.26. The van der Waals surface area contributed by atoms with Crippen molar-refractivity contribution in [3.05, 3.63) is 28.8 Å². The number of hydrogen-bond donors (Lipinski definition) is 2. The van der Waals surface area contributed by atoms with Crippen LogP contribution < -0.4 is 10.1 Å². The lowest BCUT2D eigenvalue weighted by Crippen LogP contribution is -2.33. The lowest BCUT2D eigenvalue weighted by molar-refractivity contribution is 0.0932. The van der Waals surface area contributed by atoms with Gasteiger partial charge in [0.05, 0.1) is 18.8 Å². The summed E-state index contributed by atoms with van der Waals surface area (Å²) in [5, 5.41) is 13.1. The summed E-state index contributed by atoms with van der Waals surface area (Å²) in [6.07, 6.45) is 1.10. The van der Waals surface area contributed by atoms with Crippen LogP contribution in [-0.4, -0.2) is 30.3 Å².